The molecule has 12 heavy (non-hydrogen) atoms. The van der Waals surface area contributed by atoms with Crippen molar-refractivity contribution in [2.75, 3.05) is 19.8 Å². The van der Waals surface area contributed by atoms with Gasteiger partial charge in [0, 0.05) is 6.61 Å². The monoisotopic (exact) mass is 172 g/mol. The summed E-state index contributed by atoms with van der Waals surface area (Å²) >= 11 is 0. The summed E-state index contributed by atoms with van der Waals surface area (Å²) in [7, 11) is 0. The van der Waals surface area contributed by atoms with Gasteiger partial charge in [-0.3, -0.25) is 0 Å². The van der Waals surface area contributed by atoms with Crippen LogP contribution >= 0.6 is 0 Å². The van der Waals surface area contributed by atoms with Crippen molar-refractivity contribution in [3.05, 3.63) is 12.2 Å². The predicted molar refractivity (Wildman–Crippen MR) is 45.8 cm³/mol. The molecule has 1 aliphatic heterocycles. The lowest BCUT2D eigenvalue weighted by Gasteiger charge is -2.21. The molecule has 1 rings (SSSR count). The van der Waals surface area contributed by atoms with Crippen molar-refractivity contribution in [1.29, 1.82) is 0 Å². The lowest BCUT2D eigenvalue weighted by atomic mass is 10.2. The van der Waals surface area contributed by atoms with Crippen LogP contribution in [0.4, 0.5) is 0 Å². The van der Waals surface area contributed by atoms with Gasteiger partial charge in [-0.05, 0) is 19.3 Å². The van der Waals surface area contributed by atoms with Gasteiger partial charge in [-0.1, -0.05) is 12.2 Å². The minimum atomic E-state index is -0.0258. The van der Waals surface area contributed by atoms with E-state index in [1.165, 1.54) is 6.42 Å². The lowest BCUT2D eigenvalue weighted by molar-refractivity contribution is -0.155. The topological polar surface area (TPSA) is 38.7 Å². The first-order chi connectivity index (χ1) is 5.93. The Balaban J connectivity index is 2.01. The number of ether oxygens (including phenoxy) is 2. The van der Waals surface area contributed by atoms with Crippen molar-refractivity contribution < 1.29 is 14.6 Å². The molecule has 0 saturated carbocycles. The first-order valence-electron chi connectivity index (χ1n) is 4.42. The number of hydrogen-bond donors (Lipinski definition) is 1. The van der Waals surface area contributed by atoms with Gasteiger partial charge in [0.1, 0.15) is 0 Å². The van der Waals surface area contributed by atoms with Crippen LogP contribution in [0, 0.1) is 0 Å². The van der Waals surface area contributed by atoms with Gasteiger partial charge in [-0.2, -0.15) is 0 Å². The molecule has 1 heterocycles. The third kappa shape index (κ3) is 3.85. The van der Waals surface area contributed by atoms with Gasteiger partial charge in [0.25, 0.3) is 0 Å². The first kappa shape index (κ1) is 9.71. The fourth-order valence-electron chi connectivity index (χ4n) is 1.15. The number of aliphatic hydroxyl groups excluding tert-OH is 1. The van der Waals surface area contributed by atoms with Crippen LogP contribution in [0.5, 0.6) is 0 Å². The zero-order valence-electron chi connectivity index (χ0n) is 7.24. The highest BCUT2D eigenvalue weighted by Crippen LogP contribution is 2.13. The first-order valence-corrected chi connectivity index (χ1v) is 4.42. The second-order valence-corrected chi connectivity index (χ2v) is 2.78. The summed E-state index contributed by atoms with van der Waals surface area (Å²) in [5.74, 6) is 0. The Labute approximate surface area is 73.0 Å². The van der Waals surface area contributed by atoms with E-state index in [4.69, 9.17) is 14.6 Å². The zero-order chi connectivity index (χ0) is 8.65. The zero-order valence-corrected chi connectivity index (χ0v) is 7.24. The Morgan fingerprint density at radius 2 is 2.33 bits per heavy atom. The largest absolute Gasteiger partial charge is 0.392 e. The number of aliphatic hydroxyl groups is 1. The summed E-state index contributed by atoms with van der Waals surface area (Å²) < 4.78 is 10.7. The Morgan fingerprint density at radius 3 is 3.00 bits per heavy atom. The van der Waals surface area contributed by atoms with Gasteiger partial charge in [0.05, 0.1) is 13.2 Å². The third-order valence-electron chi connectivity index (χ3n) is 1.79. The van der Waals surface area contributed by atoms with Crippen LogP contribution in [0.15, 0.2) is 12.2 Å². The maximum absolute atomic E-state index is 8.43. The van der Waals surface area contributed by atoms with E-state index in [9.17, 15) is 0 Å². The average molecular weight is 172 g/mol. The quantitative estimate of drug-likeness (QED) is 0.645. The van der Waals surface area contributed by atoms with E-state index in [1.807, 2.05) is 0 Å². The second-order valence-electron chi connectivity index (χ2n) is 2.78. The van der Waals surface area contributed by atoms with Crippen LogP contribution in [0.2, 0.25) is 0 Å². The Kier molecular flexibility index (Phi) is 4.99. The average Bonchev–Trinajstić information content (AvgIpc) is 2.14. The minimum absolute atomic E-state index is 0.0258. The van der Waals surface area contributed by atoms with Crippen molar-refractivity contribution in [3.8, 4) is 0 Å². The molecule has 1 saturated heterocycles. The summed E-state index contributed by atoms with van der Waals surface area (Å²) in [6, 6.07) is 0. The van der Waals surface area contributed by atoms with Crippen molar-refractivity contribution in [2.24, 2.45) is 0 Å². The third-order valence-corrected chi connectivity index (χ3v) is 1.79. The van der Waals surface area contributed by atoms with E-state index < -0.39 is 0 Å². The summed E-state index contributed by atoms with van der Waals surface area (Å²) in [6.45, 7) is 1.43. The molecule has 1 aliphatic rings. The molecule has 0 bridgehead atoms. The number of hydrogen-bond acceptors (Lipinski definition) is 3. The van der Waals surface area contributed by atoms with E-state index in [1.54, 1.807) is 12.2 Å². The van der Waals surface area contributed by atoms with Gasteiger partial charge in [-0.25, -0.2) is 0 Å². The molecule has 0 radical (unpaired) electrons. The molecule has 0 unspecified atom stereocenters. The second kappa shape index (κ2) is 6.17. The molecule has 0 amide bonds. The minimum Gasteiger partial charge on any atom is -0.392 e. The van der Waals surface area contributed by atoms with E-state index in [2.05, 4.69) is 0 Å². The fourth-order valence-corrected chi connectivity index (χ4v) is 1.15. The molecule has 3 nitrogen and oxygen atoms in total. The fraction of sp³-hybridized carbons (Fsp3) is 0.778. The lowest BCUT2D eigenvalue weighted by Crippen LogP contribution is -2.22. The van der Waals surface area contributed by atoms with E-state index in [-0.39, 0.29) is 12.9 Å². The molecule has 1 N–H and O–H groups in total. The number of rotatable bonds is 4. The Bertz CT molecular complexity index is 128. The molecule has 0 aromatic heterocycles. The molecule has 0 spiro atoms. The highest BCUT2D eigenvalue weighted by molar-refractivity contribution is 4.80. The molecule has 0 aliphatic carbocycles. The van der Waals surface area contributed by atoms with Gasteiger partial charge in [-0.15, -0.1) is 0 Å². The van der Waals surface area contributed by atoms with Crippen molar-refractivity contribution in [3.63, 3.8) is 0 Å². The molecule has 1 fully saturated rings. The maximum Gasteiger partial charge on any atom is 0.157 e. The van der Waals surface area contributed by atoms with Gasteiger partial charge < -0.3 is 14.6 Å². The summed E-state index contributed by atoms with van der Waals surface area (Å²) in [4.78, 5) is 0. The highest BCUT2D eigenvalue weighted by Gasteiger charge is 2.12. The van der Waals surface area contributed by atoms with Crippen molar-refractivity contribution in [2.45, 2.75) is 25.6 Å². The SMILES string of the molecule is OC/C=C/CO[C@H]1CCCCO1. The van der Waals surface area contributed by atoms with Crippen LogP contribution < -0.4 is 0 Å². The summed E-state index contributed by atoms with van der Waals surface area (Å²) in [5.41, 5.74) is 0. The van der Waals surface area contributed by atoms with Crippen molar-refractivity contribution in [1.82, 2.24) is 0 Å². The summed E-state index contributed by atoms with van der Waals surface area (Å²) in [5, 5.41) is 8.43. The van der Waals surface area contributed by atoms with Crippen LogP contribution in [0.1, 0.15) is 19.3 Å². The Morgan fingerprint density at radius 1 is 1.42 bits per heavy atom. The van der Waals surface area contributed by atoms with Gasteiger partial charge in [0.15, 0.2) is 6.29 Å². The van der Waals surface area contributed by atoms with Crippen LogP contribution in [-0.2, 0) is 9.47 Å². The van der Waals surface area contributed by atoms with Crippen LogP contribution in [0.3, 0.4) is 0 Å². The smallest absolute Gasteiger partial charge is 0.157 e. The molecule has 0 aromatic carbocycles. The molecule has 70 valence electrons. The van der Waals surface area contributed by atoms with E-state index in [0.717, 1.165) is 19.4 Å². The van der Waals surface area contributed by atoms with Crippen LogP contribution in [0.25, 0.3) is 0 Å². The molecular weight excluding hydrogens is 156 g/mol. The molecular formula is C9H16O3. The molecule has 3 heteroatoms. The molecule has 1 atom stereocenters. The summed E-state index contributed by atoms with van der Waals surface area (Å²) in [6.07, 6.45) is 6.77. The van der Waals surface area contributed by atoms with Crippen LogP contribution in [-0.4, -0.2) is 31.2 Å². The van der Waals surface area contributed by atoms with Gasteiger partial charge >= 0.3 is 0 Å². The van der Waals surface area contributed by atoms with E-state index >= 15 is 0 Å². The highest BCUT2D eigenvalue weighted by atomic mass is 16.7. The Hall–Kier alpha value is -0.380. The van der Waals surface area contributed by atoms with Gasteiger partial charge in [0.2, 0.25) is 0 Å². The van der Waals surface area contributed by atoms with E-state index in [0.29, 0.717) is 6.61 Å². The predicted octanol–water partition coefficient (Wildman–Crippen LogP) is 1.08. The molecule has 0 aromatic rings. The standard InChI is InChI=1S/C9H16O3/c10-6-2-4-8-12-9-5-1-3-7-11-9/h2,4,9-10H,1,3,5-8H2/b4-2+/t9-/m0/s1. The normalized spacial score (nSPS) is 24.9. The van der Waals surface area contributed by atoms with Crippen molar-refractivity contribution >= 4 is 0 Å². The maximum atomic E-state index is 8.43.